The van der Waals surface area contributed by atoms with Crippen LogP contribution in [-0.4, -0.2) is 24.6 Å². The van der Waals surface area contributed by atoms with Crippen molar-refractivity contribution >= 4 is 5.82 Å². The van der Waals surface area contributed by atoms with Gasteiger partial charge in [-0.2, -0.15) is 0 Å². The summed E-state index contributed by atoms with van der Waals surface area (Å²) in [6.07, 6.45) is 7.81. The molecule has 0 spiro atoms. The third-order valence-corrected chi connectivity index (χ3v) is 3.97. The first-order valence-corrected chi connectivity index (χ1v) is 8.27. The largest absolute Gasteiger partial charge is 0.354 e. The Bertz CT molecular complexity index is 426. The minimum absolute atomic E-state index is 0.144. The van der Waals surface area contributed by atoms with E-state index in [1.807, 2.05) is 0 Å². The van der Waals surface area contributed by atoms with Crippen LogP contribution < -0.4 is 10.2 Å². The van der Waals surface area contributed by atoms with Crippen molar-refractivity contribution in [3.05, 3.63) is 23.6 Å². The van der Waals surface area contributed by atoms with E-state index >= 15 is 0 Å². The van der Waals surface area contributed by atoms with Crippen LogP contribution >= 0.6 is 0 Å². The Kier molecular flexibility index (Phi) is 6.43. The lowest BCUT2D eigenvalue weighted by atomic mass is 10.1. The standard InChI is InChI=1S/C17H28FN3/c1-14(2)12-19-13-15-8-9-20-17(16(15)18)21-10-6-4-3-5-7-11-21/h8-9,14,19H,3-7,10-13H2,1-2H3. The van der Waals surface area contributed by atoms with Crippen LogP contribution in [0.2, 0.25) is 0 Å². The predicted octanol–water partition coefficient (Wildman–Crippen LogP) is 3.74. The topological polar surface area (TPSA) is 28.2 Å². The van der Waals surface area contributed by atoms with Gasteiger partial charge in [-0.15, -0.1) is 0 Å². The van der Waals surface area contributed by atoms with Gasteiger partial charge in [0.1, 0.15) is 0 Å². The van der Waals surface area contributed by atoms with Gasteiger partial charge in [0.15, 0.2) is 11.6 Å². The van der Waals surface area contributed by atoms with Crippen LogP contribution in [0.1, 0.15) is 51.5 Å². The fourth-order valence-corrected chi connectivity index (χ4v) is 2.78. The number of nitrogens with zero attached hydrogens (tertiary/aromatic N) is 2. The van der Waals surface area contributed by atoms with Crippen molar-refractivity contribution in [1.82, 2.24) is 10.3 Å². The molecule has 1 aromatic rings. The van der Waals surface area contributed by atoms with Crippen molar-refractivity contribution in [3.63, 3.8) is 0 Å². The highest BCUT2D eigenvalue weighted by Crippen LogP contribution is 2.22. The van der Waals surface area contributed by atoms with E-state index in [9.17, 15) is 4.39 Å². The van der Waals surface area contributed by atoms with E-state index in [0.717, 1.165) is 38.0 Å². The molecule has 21 heavy (non-hydrogen) atoms. The fraction of sp³-hybridized carbons (Fsp3) is 0.706. The summed E-state index contributed by atoms with van der Waals surface area (Å²) < 4.78 is 14.7. The molecule has 2 heterocycles. The molecule has 0 aromatic carbocycles. The van der Waals surface area contributed by atoms with Gasteiger partial charge in [-0.3, -0.25) is 0 Å². The minimum atomic E-state index is -0.144. The maximum Gasteiger partial charge on any atom is 0.170 e. The lowest BCUT2D eigenvalue weighted by Crippen LogP contribution is -2.29. The molecule has 4 heteroatoms. The molecule has 2 rings (SSSR count). The summed E-state index contributed by atoms with van der Waals surface area (Å²) in [6, 6.07) is 1.79. The molecule has 1 aromatic heterocycles. The van der Waals surface area contributed by atoms with E-state index in [1.165, 1.54) is 19.3 Å². The summed E-state index contributed by atoms with van der Waals surface area (Å²) in [5.41, 5.74) is 0.725. The molecule has 118 valence electrons. The van der Waals surface area contributed by atoms with Gasteiger partial charge in [0.2, 0.25) is 0 Å². The monoisotopic (exact) mass is 293 g/mol. The van der Waals surface area contributed by atoms with E-state index in [1.54, 1.807) is 12.3 Å². The van der Waals surface area contributed by atoms with Crippen LogP contribution in [0.4, 0.5) is 10.2 Å². The molecule has 0 saturated carbocycles. The number of hydrogen-bond donors (Lipinski definition) is 1. The summed E-state index contributed by atoms with van der Waals surface area (Å²) >= 11 is 0. The third-order valence-electron chi connectivity index (χ3n) is 3.97. The molecular weight excluding hydrogens is 265 g/mol. The number of anilines is 1. The lowest BCUT2D eigenvalue weighted by molar-refractivity contribution is 0.521. The third kappa shape index (κ3) is 4.95. The van der Waals surface area contributed by atoms with Gasteiger partial charge >= 0.3 is 0 Å². The molecule has 1 fully saturated rings. The van der Waals surface area contributed by atoms with Crippen LogP contribution in [0.3, 0.4) is 0 Å². The first kappa shape index (κ1) is 16.2. The van der Waals surface area contributed by atoms with Gasteiger partial charge in [0, 0.05) is 31.4 Å². The molecule has 0 aliphatic carbocycles. The van der Waals surface area contributed by atoms with Crippen LogP contribution in [0, 0.1) is 11.7 Å². The number of aromatic nitrogens is 1. The Morgan fingerprint density at radius 1 is 1.19 bits per heavy atom. The Morgan fingerprint density at radius 2 is 1.86 bits per heavy atom. The number of nitrogens with one attached hydrogen (secondary N) is 1. The Balaban J connectivity index is 2.04. The summed E-state index contributed by atoms with van der Waals surface area (Å²) in [5, 5.41) is 3.31. The zero-order chi connectivity index (χ0) is 15.1. The number of hydrogen-bond acceptors (Lipinski definition) is 3. The van der Waals surface area contributed by atoms with Crippen LogP contribution in [0.25, 0.3) is 0 Å². The highest BCUT2D eigenvalue weighted by Gasteiger charge is 2.17. The van der Waals surface area contributed by atoms with Gasteiger partial charge < -0.3 is 10.2 Å². The molecule has 0 atom stereocenters. The van der Waals surface area contributed by atoms with Crippen molar-refractivity contribution in [2.75, 3.05) is 24.5 Å². The van der Waals surface area contributed by atoms with Crippen molar-refractivity contribution < 1.29 is 4.39 Å². The molecule has 0 radical (unpaired) electrons. The summed E-state index contributed by atoms with van der Waals surface area (Å²) in [7, 11) is 0. The number of rotatable bonds is 5. The molecular formula is C17H28FN3. The smallest absolute Gasteiger partial charge is 0.170 e. The molecule has 0 bridgehead atoms. The van der Waals surface area contributed by atoms with Crippen molar-refractivity contribution in [3.8, 4) is 0 Å². The lowest BCUT2D eigenvalue weighted by Gasteiger charge is -2.26. The predicted molar refractivity (Wildman–Crippen MR) is 86.0 cm³/mol. The second kappa shape index (κ2) is 8.32. The van der Waals surface area contributed by atoms with Crippen molar-refractivity contribution in [1.29, 1.82) is 0 Å². The summed E-state index contributed by atoms with van der Waals surface area (Å²) in [5.74, 6) is 0.971. The Morgan fingerprint density at radius 3 is 2.52 bits per heavy atom. The maximum atomic E-state index is 14.7. The Hall–Kier alpha value is -1.16. The second-order valence-corrected chi connectivity index (χ2v) is 6.39. The number of halogens is 1. The van der Waals surface area contributed by atoms with Gasteiger partial charge in [-0.05, 0) is 31.4 Å². The first-order chi connectivity index (χ1) is 10.2. The first-order valence-electron chi connectivity index (χ1n) is 8.27. The zero-order valence-electron chi connectivity index (χ0n) is 13.4. The van der Waals surface area contributed by atoms with Gasteiger partial charge in [0.25, 0.3) is 0 Å². The van der Waals surface area contributed by atoms with E-state index < -0.39 is 0 Å². The zero-order valence-corrected chi connectivity index (χ0v) is 13.4. The SMILES string of the molecule is CC(C)CNCc1ccnc(N2CCCCCCC2)c1F. The molecule has 1 aliphatic heterocycles. The fourth-order valence-electron chi connectivity index (χ4n) is 2.78. The van der Waals surface area contributed by atoms with E-state index in [4.69, 9.17) is 0 Å². The highest BCUT2D eigenvalue weighted by atomic mass is 19.1. The second-order valence-electron chi connectivity index (χ2n) is 6.39. The summed E-state index contributed by atoms with van der Waals surface area (Å²) in [4.78, 5) is 6.43. The summed E-state index contributed by atoms with van der Waals surface area (Å²) in [6.45, 7) is 7.64. The van der Waals surface area contributed by atoms with Gasteiger partial charge in [-0.25, -0.2) is 9.37 Å². The quantitative estimate of drug-likeness (QED) is 0.896. The molecule has 1 saturated heterocycles. The molecule has 0 unspecified atom stereocenters. The maximum absolute atomic E-state index is 14.7. The van der Waals surface area contributed by atoms with E-state index in [-0.39, 0.29) is 5.82 Å². The van der Waals surface area contributed by atoms with Crippen molar-refractivity contribution in [2.24, 2.45) is 5.92 Å². The molecule has 3 nitrogen and oxygen atoms in total. The van der Waals surface area contributed by atoms with Gasteiger partial charge in [0.05, 0.1) is 0 Å². The average molecular weight is 293 g/mol. The van der Waals surface area contributed by atoms with Crippen molar-refractivity contribution in [2.45, 2.75) is 52.5 Å². The minimum Gasteiger partial charge on any atom is -0.354 e. The van der Waals surface area contributed by atoms with E-state index in [2.05, 4.69) is 29.0 Å². The van der Waals surface area contributed by atoms with Crippen LogP contribution in [0.5, 0.6) is 0 Å². The molecule has 1 aliphatic rings. The number of pyridine rings is 1. The van der Waals surface area contributed by atoms with Crippen LogP contribution in [-0.2, 0) is 6.54 Å². The average Bonchev–Trinajstić information content (AvgIpc) is 2.41. The van der Waals surface area contributed by atoms with Crippen LogP contribution in [0.15, 0.2) is 12.3 Å². The highest BCUT2D eigenvalue weighted by molar-refractivity contribution is 5.43. The van der Waals surface area contributed by atoms with E-state index in [0.29, 0.717) is 18.3 Å². The van der Waals surface area contributed by atoms with Gasteiger partial charge in [-0.1, -0.05) is 33.1 Å². The normalized spacial score (nSPS) is 16.9. The Labute approximate surface area is 127 Å². The molecule has 0 amide bonds. The molecule has 1 N–H and O–H groups in total.